The van der Waals surface area contributed by atoms with Gasteiger partial charge < -0.3 is 28.8 Å². The first-order valence-corrected chi connectivity index (χ1v) is 9.72. The molecule has 0 aliphatic rings. The van der Waals surface area contributed by atoms with Gasteiger partial charge in [0, 0.05) is 11.6 Å². The zero-order valence-corrected chi connectivity index (χ0v) is 18.2. The van der Waals surface area contributed by atoms with Crippen LogP contribution in [0.3, 0.4) is 0 Å². The van der Waals surface area contributed by atoms with E-state index in [2.05, 4.69) is 10.5 Å². The molecule has 1 atom stereocenters. The molecule has 2 aromatic carbocycles. The Morgan fingerprint density at radius 1 is 1.00 bits per heavy atom. The third kappa shape index (κ3) is 5.37. The average molecular weight is 440 g/mol. The van der Waals surface area contributed by atoms with Crippen LogP contribution >= 0.6 is 0 Å². The van der Waals surface area contributed by atoms with Crippen LogP contribution in [0.25, 0.3) is 0 Å². The van der Waals surface area contributed by atoms with Crippen molar-refractivity contribution in [3.8, 4) is 17.2 Å². The smallest absolute Gasteiger partial charge is 0.311 e. The number of amides is 1. The van der Waals surface area contributed by atoms with E-state index in [1.165, 1.54) is 21.3 Å². The maximum atomic E-state index is 12.9. The number of hydrogen-bond donors (Lipinski definition) is 1. The number of aryl methyl sites for hydroxylation is 1. The highest BCUT2D eigenvalue weighted by molar-refractivity contribution is 5.95. The minimum atomic E-state index is -1.18. The first-order chi connectivity index (χ1) is 15.4. The second-order valence-corrected chi connectivity index (χ2v) is 6.80. The number of rotatable bonds is 9. The van der Waals surface area contributed by atoms with Crippen LogP contribution in [0.1, 0.15) is 23.0 Å². The van der Waals surface area contributed by atoms with Gasteiger partial charge in [-0.2, -0.15) is 0 Å². The molecule has 0 spiro atoms. The molecule has 9 heteroatoms. The van der Waals surface area contributed by atoms with Crippen molar-refractivity contribution in [2.75, 3.05) is 26.6 Å². The Morgan fingerprint density at radius 3 is 2.19 bits per heavy atom. The number of aromatic nitrogens is 1. The van der Waals surface area contributed by atoms with Gasteiger partial charge in [-0.15, -0.1) is 0 Å². The normalized spacial score (nSPS) is 11.4. The molecule has 0 saturated heterocycles. The zero-order chi connectivity index (χ0) is 23.1. The first-order valence-electron chi connectivity index (χ1n) is 9.72. The maximum absolute atomic E-state index is 12.9. The van der Waals surface area contributed by atoms with E-state index in [-0.39, 0.29) is 12.2 Å². The van der Waals surface area contributed by atoms with Crippen LogP contribution < -0.4 is 19.5 Å². The second-order valence-electron chi connectivity index (χ2n) is 6.80. The monoisotopic (exact) mass is 440 g/mol. The molecule has 0 saturated carbocycles. The summed E-state index contributed by atoms with van der Waals surface area (Å²) in [5.74, 6) is 0.839. The molecule has 0 aliphatic carbocycles. The fourth-order valence-electron chi connectivity index (χ4n) is 3.10. The Hall–Kier alpha value is -4.01. The highest BCUT2D eigenvalue weighted by Gasteiger charge is 2.26. The van der Waals surface area contributed by atoms with Gasteiger partial charge >= 0.3 is 5.97 Å². The molecule has 0 fully saturated rings. The Balaban J connectivity index is 1.80. The minimum absolute atomic E-state index is 0.115. The number of anilines is 1. The third-order valence-electron chi connectivity index (χ3n) is 4.54. The minimum Gasteiger partial charge on any atom is -0.493 e. The summed E-state index contributed by atoms with van der Waals surface area (Å²) in [5.41, 5.74) is 1.09. The number of nitrogens with one attached hydrogen (secondary N) is 1. The first kappa shape index (κ1) is 22.7. The lowest BCUT2D eigenvalue weighted by atomic mass is 10.1. The summed E-state index contributed by atoms with van der Waals surface area (Å²) >= 11 is 0. The molecular weight excluding hydrogens is 416 g/mol. The van der Waals surface area contributed by atoms with Crippen molar-refractivity contribution in [1.29, 1.82) is 0 Å². The van der Waals surface area contributed by atoms with Crippen molar-refractivity contribution < 1.29 is 33.1 Å². The predicted molar refractivity (Wildman–Crippen MR) is 115 cm³/mol. The van der Waals surface area contributed by atoms with Gasteiger partial charge in [-0.25, -0.2) is 0 Å². The van der Waals surface area contributed by atoms with E-state index in [9.17, 15) is 9.59 Å². The zero-order valence-electron chi connectivity index (χ0n) is 18.2. The number of ether oxygens (including phenoxy) is 4. The molecule has 1 N–H and O–H groups in total. The van der Waals surface area contributed by atoms with Crippen LogP contribution in [0, 0.1) is 6.92 Å². The third-order valence-corrected chi connectivity index (χ3v) is 4.54. The van der Waals surface area contributed by atoms with E-state index in [0.717, 1.165) is 0 Å². The van der Waals surface area contributed by atoms with Gasteiger partial charge in [0.05, 0.1) is 27.8 Å². The Kier molecular flexibility index (Phi) is 7.33. The molecule has 0 bridgehead atoms. The second kappa shape index (κ2) is 10.3. The van der Waals surface area contributed by atoms with Crippen LogP contribution in [0.15, 0.2) is 53.1 Å². The summed E-state index contributed by atoms with van der Waals surface area (Å²) in [6.45, 7) is 1.70. The molecule has 0 radical (unpaired) electrons. The van der Waals surface area contributed by atoms with E-state index >= 15 is 0 Å². The SMILES string of the molecule is COc1cc(CC(=O)OC(C(=O)Nc2cc(C)on2)c2ccccc2)cc(OC)c1OC. The van der Waals surface area contributed by atoms with E-state index in [4.69, 9.17) is 23.5 Å². The van der Waals surface area contributed by atoms with Crippen LogP contribution in [-0.2, 0) is 20.7 Å². The highest BCUT2D eigenvalue weighted by Crippen LogP contribution is 2.38. The van der Waals surface area contributed by atoms with Gasteiger partial charge in [-0.3, -0.25) is 9.59 Å². The molecule has 168 valence electrons. The number of carbonyl (C=O) groups excluding carboxylic acids is 2. The molecule has 1 amide bonds. The quantitative estimate of drug-likeness (QED) is 0.504. The van der Waals surface area contributed by atoms with Gasteiger partial charge in [-0.05, 0) is 24.6 Å². The molecule has 3 rings (SSSR count). The summed E-state index contributed by atoms with van der Waals surface area (Å²) in [7, 11) is 4.47. The molecule has 3 aromatic rings. The van der Waals surface area contributed by atoms with E-state index < -0.39 is 18.0 Å². The van der Waals surface area contributed by atoms with Crippen molar-refractivity contribution in [3.63, 3.8) is 0 Å². The van der Waals surface area contributed by atoms with Crippen LogP contribution in [0.2, 0.25) is 0 Å². The summed E-state index contributed by atoms with van der Waals surface area (Å²) < 4.78 is 26.5. The lowest BCUT2D eigenvalue weighted by Gasteiger charge is -2.18. The number of hydrogen-bond acceptors (Lipinski definition) is 8. The van der Waals surface area contributed by atoms with Crippen molar-refractivity contribution in [2.45, 2.75) is 19.4 Å². The Bertz CT molecular complexity index is 1050. The van der Waals surface area contributed by atoms with Gasteiger partial charge in [0.1, 0.15) is 5.76 Å². The van der Waals surface area contributed by atoms with E-state index in [1.54, 1.807) is 55.5 Å². The molecule has 1 aromatic heterocycles. The molecular formula is C23H24N2O7. The van der Waals surface area contributed by atoms with E-state index in [0.29, 0.717) is 34.1 Å². The molecule has 1 heterocycles. The number of nitrogens with zero attached hydrogens (tertiary/aromatic N) is 1. The fourth-order valence-corrected chi connectivity index (χ4v) is 3.10. The van der Waals surface area contributed by atoms with Gasteiger partial charge in [0.25, 0.3) is 5.91 Å². The van der Waals surface area contributed by atoms with Crippen molar-refractivity contribution in [1.82, 2.24) is 5.16 Å². The molecule has 9 nitrogen and oxygen atoms in total. The van der Waals surface area contributed by atoms with Crippen molar-refractivity contribution in [3.05, 3.63) is 65.4 Å². The Morgan fingerprint density at radius 2 is 1.66 bits per heavy atom. The van der Waals surface area contributed by atoms with Crippen molar-refractivity contribution in [2.24, 2.45) is 0 Å². The lowest BCUT2D eigenvalue weighted by Crippen LogP contribution is -2.26. The maximum Gasteiger partial charge on any atom is 0.311 e. The largest absolute Gasteiger partial charge is 0.493 e. The Labute approximate surface area is 185 Å². The predicted octanol–water partition coefficient (Wildman–Crippen LogP) is 3.47. The van der Waals surface area contributed by atoms with Crippen LogP contribution in [0.4, 0.5) is 5.82 Å². The average Bonchev–Trinajstić information content (AvgIpc) is 3.21. The fraction of sp³-hybridized carbons (Fsp3) is 0.261. The topological polar surface area (TPSA) is 109 Å². The van der Waals surface area contributed by atoms with E-state index in [1.807, 2.05) is 0 Å². The number of esters is 1. The molecule has 32 heavy (non-hydrogen) atoms. The van der Waals surface area contributed by atoms with Crippen molar-refractivity contribution >= 4 is 17.7 Å². The highest BCUT2D eigenvalue weighted by atomic mass is 16.5. The lowest BCUT2D eigenvalue weighted by molar-refractivity contribution is -0.154. The van der Waals surface area contributed by atoms with Gasteiger partial charge in [-0.1, -0.05) is 35.5 Å². The number of carbonyl (C=O) groups is 2. The number of methoxy groups -OCH3 is 3. The molecule has 0 aliphatic heterocycles. The summed E-state index contributed by atoms with van der Waals surface area (Å²) in [4.78, 5) is 25.6. The van der Waals surface area contributed by atoms with Crippen LogP contribution in [0.5, 0.6) is 17.2 Å². The molecule has 1 unspecified atom stereocenters. The summed E-state index contributed by atoms with van der Waals surface area (Å²) in [6.07, 6.45) is -1.29. The van der Waals surface area contributed by atoms with Gasteiger partial charge in [0.15, 0.2) is 17.3 Å². The summed E-state index contributed by atoms with van der Waals surface area (Å²) in [6, 6.07) is 13.6. The van der Waals surface area contributed by atoms with Gasteiger partial charge in [0.2, 0.25) is 11.9 Å². The number of benzene rings is 2. The summed E-state index contributed by atoms with van der Waals surface area (Å²) in [5, 5.41) is 6.35. The van der Waals surface area contributed by atoms with Crippen LogP contribution in [-0.4, -0.2) is 38.4 Å². The standard InChI is InChI=1S/C23H24N2O7/c1-14-10-19(25-32-14)24-23(27)21(16-8-6-5-7-9-16)31-20(26)13-15-11-17(28-2)22(30-4)18(12-15)29-3/h5-12,21H,13H2,1-4H3,(H,24,25,27).